The molecule has 36 heavy (non-hydrogen) atoms. The highest BCUT2D eigenvalue weighted by Gasteiger charge is 2.23. The topological polar surface area (TPSA) is 182 Å². The maximum Gasteiger partial charge on any atom is 0.352 e. The lowest BCUT2D eigenvalue weighted by molar-refractivity contribution is 0.0692. The molecule has 0 aliphatic heterocycles. The zero-order chi connectivity index (χ0) is 26.2. The number of carboxylic acid groups (broad SMARTS) is 1. The predicted octanol–water partition coefficient (Wildman–Crippen LogP) is 2.19. The van der Waals surface area contributed by atoms with Crippen LogP contribution in [0.3, 0.4) is 0 Å². The highest BCUT2D eigenvalue weighted by atomic mass is 32.2. The van der Waals surface area contributed by atoms with Crippen molar-refractivity contribution in [3.05, 3.63) is 70.9 Å². The van der Waals surface area contributed by atoms with E-state index in [0.29, 0.717) is 27.7 Å². The second kappa shape index (κ2) is 9.41. The summed E-state index contributed by atoms with van der Waals surface area (Å²) < 4.78 is 39.6. The zero-order valence-corrected chi connectivity index (χ0v) is 20.3. The van der Waals surface area contributed by atoms with Gasteiger partial charge < -0.3 is 21.6 Å². The maximum absolute atomic E-state index is 14.8. The number of sulfone groups is 1. The van der Waals surface area contributed by atoms with Gasteiger partial charge in [-0.3, -0.25) is 0 Å². The standard InChI is InChI=1S/C23H24FN7O4S/c1-12(31-10-15(29-30-31)9-27-23(25)26)16-4-3-5-17-19(21(22(32)33)28-20(16)17)13-6-7-14(18(24)8-13)11-36(2,34)35/h3-8,10,12,28H,9,11H2,1-2H3,(H,32,33)(H4,25,26,27)/t12-/m0/s1. The van der Waals surface area contributed by atoms with E-state index in [1.54, 1.807) is 23.0 Å². The minimum Gasteiger partial charge on any atom is -0.477 e. The Hall–Kier alpha value is -4.26. The summed E-state index contributed by atoms with van der Waals surface area (Å²) in [7, 11) is -3.44. The number of H-pyrrole nitrogens is 1. The molecule has 2 aromatic heterocycles. The average molecular weight is 514 g/mol. The van der Waals surface area contributed by atoms with Gasteiger partial charge in [-0.05, 0) is 18.6 Å². The van der Waals surface area contributed by atoms with Gasteiger partial charge in [0.25, 0.3) is 0 Å². The third kappa shape index (κ3) is 5.05. The Morgan fingerprint density at radius 3 is 2.67 bits per heavy atom. The molecule has 2 aromatic carbocycles. The van der Waals surface area contributed by atoms with Gasteiger partial charge in [-0.2, -0.15) is 0 Å². The number of para-hydroxylation sites is 1. The van der Waals surface area contributed by atoms with E-state index in [1.807, 2.05) is 13.0 Å². The Morgan fingerprint density at radius 1 is 1.28 bits per heavy atom. The van der Waals surface area contributed by atoms with Crippen LogP contribution in [-0.4, -0.2) is 51.7 Å². The maximum atomic E-state index is 14.8. The van der Waals surface area contributed by atoms with Crippen molar-refractivity contribution in [2.24, 2.45) is 16.5 Å². The van der Waals surface area contributed by atoms with Crippen LogP contribution >= 0.6 is 0 Å². The molecule has 2 heterocycles. The molecule has 4 rings (SSSR count). The van der Waals surface area contributed by atoms with Crippen LogP contribution in [0.5, 0.6) is 0 Å². The minimum absolute atomic E-state index is 0.00925. The van der Waals surface area contributed by atoms with Crippen molar-refractivity contribution < 1.29 is 22.7 Å². The Kier molecular flexibility index (Phi) is 6.50. The largest absolute Gasteiger partial charge is 0.477 e. The summed E-state index contributed by atoms with van der Waals surface area (Å²) in [6, 6.07) is 9.00. The number of aromatic nitrogens is 4. The Morgan fingerprint density at radius 2 is 2.03 bits per heavy atom. The number of aromatic amines is 1. The Bertz CT molecular complexity index is 1600. The first-order valence-electron chi connectivity index (χ1n) is 10.7. The second-order valence-corrected chi connectivity index (χ2v) is 10.6. The molecule has 6 N–H and O–H groups in total. The average Bonchev–Trinajstić information content (AvgIpc) is 3.42. The number of guanidine groups is 1. The first-order chi connectivity index (χ1) is 16.9. The summed E-state index contributed by atoms with van der Waals surface area (Å²) >= 11 is 0. The molecular weight excluding hydrogens is 489 g/mol. The van der Waals surface area contributed by atoms with Crippen molar-refractivity contribution in [3.8, 4) is 11.1 Å². The van der Waals surface area contributed by atoms with E-state index in [2.05, 4.69) is 20.3 Å². The summed E-state index contributed by atoms with van der Waals surface area (Å²) in [6.45, 7) is 2.03. The molecule has 0 aliphatic carbocycles. The number of nitrogens with two attached hydrogens (primary N) is 2. The van der Waals surface area contributed by atoms with Gasteiger partial charge in [0.15, 0.2) is 15.8 Å². The number of hydrogen-bond acceptors (Lipinski definition) is 6. The fourth-order valence-electron chi connectivity index (χ4n) is 4.04. The van der Waals surface area contributed by atoms with Crippen LogP contribution in [0, 0.1) is 5.82 Å². The van der Waals surface area contributed by atoms with E-state index >= 15 is 0 Å². The van der Waals surface area contributed by atoms with Gasteiger partial charge in [-0.25, -0.2) is 27.3 Å². The lowest BCUT2D eigenvalue weighted by atomic mass is 9.98. The minimum atomic E-state index is -3.44. The summed E-state index contributed by atoms with van der Waals surface area (Å²) in [6.07, 6.45) is 2.71. The van der Waals surface area contributed by atoms with E-state index in [9.17, 15) is 22.7 Å². The van der Waals surface area contributed by atoms with Crippen LogP contribution in [0.15, 0.2) is 47.6 Å². The van der Waals surface area contributed by atoms with E-state index in [-0.39, 0.29) is 29.8 Å². The summed E-state index contributed by atoms with van der Waals surface area (Å²) in [4.78, 5) is 19.0. The number of aliphatic imine (C=N–C) groups is 1. The molecule has 0 fully saturated rings. The molecule has 11 nitrogen and oxygen atoms in total. The fraction of sp³-hybridized carbons (Fsp3) is 0.217. The number of hydrogen-bond donors (Lipinski definition) is 4. The molecular formula is C23H24FN7O4S. The molecule has 0 saturated heterocycles. The normalized spacial score (nSPS) is 12.5. The van der Waals surface area contributed by atoms with Crippen molar-refractivity contribution in [2.45, 2.75) is 25.3 Å². The highest BCUT2D eigenvalue weighted by Crippen LogP contribution is 2.37. The van der Waals surface area contributed by atoms with Gasteiger partial charge >= 0.3 is 5.97 Å². The third-order valence-electron chi connectivity index (χ3n) is 5.67. The molecule has 0 aliphatic rings. The fourth-order valence-corrected chi connectivity index (χ4v) is 4.84. The second-order valence-electron chi connectivity index (χ2n) is 8.43. The molecule has 0 radical (unpaired) electrons. The number of carboxylic acids is 1. The van der Waals surface area contributed by atoms with Crippen LogP contribution in [-0.2, 0) is 22.1 Å². The zero-order valence-electron chi connectivity index (χ0n) is 19.4. The Labute approximate surface area is 205 Å². The number of carbonyl (C=O) groups is 1. The van der Waals surface area contributed by atoms with Gasteiger partial charge in [-0.1, -0.05) is 35.5 Å². The van der Waals surface area contributed by atoms with Crippen molar-refractivity contribution >= 4 is 32.7 Å². The van der Waals surface area contributed by atoms with Crippen molar-refractivity contribution in [2.75, 3.05) is 6.26 Å². The van der Waals surface area contributed by atoms with Crippen LogP contribution in [0.2, 0.25) is 0 Å². The molecule has 4 aromatic rings. The summed E-state index contributed by atoms with van der Waals surface area (Å²) in [5.41, 5.74) is 13.0. The smallest absolute Gasteiger partial charge is 0.352 e. The number of benzene rings is 2. The van der Waals surface area contributed by atoms with Gasteiger partial charge in [0.2, 0.25) is 0 Å². The first-order valence-corrected chi connectivity index (χ1v) is 12.8. The van der Waals surface area contributed by atoms with E-state index < -0.39 is 27.4 Å². The van der Waals surface area contributed by atoms with Crippen LogP contribution in [0.1, 0.15) is 40.3 Å². The molecule has 0 saturated carbocycles. The number of halogens is 1. The number of aromatic carboxylic acids is 1. The summed E-state index contributed by atoms with van der Waals surface area (Å²) in [5, 5.41) is 18.7. The first kappa shape index (κ1) is 24.9. The number of nitrogens with zero attached hydrogens (tertiary/aromatic N) is 4. The number of rotatable bonds is 8. The monoisotopic (exact) mass is 513 g/mol. The SMILES string of the molecule is C[C@@H](c1cccc2c(-c3ccc(CS(C)(=O)=O)c(F)c3)c(C(=O)O)[nH]c12)n1cc(CN=C(N)N)nn1. The van der Waals surface area contributed by atoms with E-state index in [0.717, 1.165) is 17.9 Å². The van der Waals surface area contributed by atoms with E-state index in [1.165, 1.54) is 12.1 Å². The number of nitrogens with one attached hydrogen (secondary N) is 1. The van der Waals surface area contributed by atoms with Crippen molar-refractivity contribution in [3.63, 3.8) is 0 Å². The van der Waals surface area contributed by atoms with Gasteiger partial charge in [0.1, 0.15) is 17.2 Å². The highest BCUT2D eigenvalue weighted by molar-refractivity contribution is 7.89. The van der Waals surface area contributed by atoms with Crippen LogP contribution < -0.4 is 11.5 Å². The molecule has 0 unspecified atom stereocenters. The van der Waals surface area contributed by atoms with Crippen molar-refractivity contribution in [1.82, 2.24) is 20.0 Å². The van der Waals surface area contributed by atoms with Gasteiger partial charge in [0, 0.05) is 28.3 Å². The lowest BCUT2D eigenvalue weighted by Gasteiger charge is -2.13. The molecule has 13 heteroatoms. The molecule has 0 bridgehead atoms. The van der Waals surface area contributed by atoms with Crippen LogP contribution in [0.4, 0.5) is 4.39 Å². The lowest BCUT2D eigenvalue weighted by Crippen LogP contribution is -2.22. The Balaban J connectivity index is 1.80. The number of fused-ring (bicyclic) bond motifs is 1. The molecule has 0 amide bonds. The molecule has 0 spiro atoms. The van der Waals surface area contributed by atoms with Crippen molar-refractivity contribution in [1.29, 1.82) is 0 Å². The summed E-state index contributed by atoms with van der Waals surface area (Å²) in [5.74, 6) is -2.48. The van der Waals surface area contributed by atoms with Gasteiger partial charge in [-0.15, -0.1) is 5.10 Å². The quantitative estimate of drug-likeness (QED) is 0.204. The molecule has 188 valence electrons. The van der Waals surface area contributed by atoms with Crippen LogP contribution in [0.25, 0.3) is 22.0 Å². The molecule has 1 atom stereocenters. The third-order valence-corrected chi connectivity index (χ3v) is 6.50. The van der Waals surface area contributed by atoms with Gasteiger partial charge in [0.05, 0.1) is 30.1 Å². The predicted molar refractivity (Wildman–Crippen MR) is 133 cm³/mol. The van der Waals surface area contributed by atoms with E-state index in [4.69, 9.17) is 11.5 Å².